The quantitative estimate of drug-likeness (QED) is 0.233. The van der Waals surface area contributed by atoms with Gasteiger partial charge in [0.15, 0.2) is 0 Å². The van der Waals surface area contributed by atoms with Crippen LogP contribution in [0, 0.1) is 0 Å². The first kappa shape index (κ1) is 29.2. The number of benzene rings is 2. The predicted octanol–water partition coefficient (Wildman–Crippen LogP) is 0.232. The number of rotatable bonds is 6. The molecule has 5 rings (SSSR count). The van der Waals surface area contributed by atoms with E-state index in [2.05, 4.69) is 0 Å². The molecule has 13 nitrogen and oxygen atoms in total. The summed E-state index contributed by atoms with van der Waals surface area (Å²) >= 11 is 0. The molecular formula is C28H32O13. The molecule has 2 aliphatic rings. The monoisotopic (exact) mass is 576 g/mol. The maximum absolute atomic E-state index is 13.7. The highest BCUT2D eigenvalue weighted by Crippen LogP contribution is 2.36. The van der Waals surface area contributed by atoms with Crippen molar-refractivity contribution in [2.24, 2.45) is 0 Å². The van der Waals surface area contributed by atoms with E-state index in [1.54, 1.807) is 6.92 Å². The minimum absolute atomic E-state index is 0.00860. The second-order valence-electron chi connectivity index (χ2n) is 10.1. The fraction of sp³-hybridized carbons (Fsp3) is 0.464. The first-order valence-corrected chi connectivity index (χ1v) is 13.0. The normalized spacial score (nSPS) is 34.0. The van der Waals surface area contributed by atoms with Gasteiger partial charge in [0.05, 0.1) is 17.8 Å². The summed E-state index contributed by atoms with van der Waals surface area (Å²) in [5, 5.41) is 61.2. The first-order valence-electron chi connectivity index (χ1n) is 13.0. The van der Waals surface area contributed by atoms with Gasteiger partial charge in [0, 0.05) is 19.2 Å². The molecule has 0 radical (unpaired) electrons. The summed E-state index contributed by atoms with van der Waals surface area (Å²) < 4.78 is 34.3. The van der Waals surface area contributed by atoms with E-state index in [1.807, 2.05) is 0 Å². The van der Waals surface area contributed by atoms with Gasteiger partial charge in [-0.3, -0.25) is 4.79 Å². The summed E-state index contributed by atoms with van der Waals surface area (Å²) in [5.41, 5.74) is 0.0903. The van der Waals surface area contributed by atoms with Gasteiger partial charge in [-0.25, -0.2) is 0 Å². The van der Waals surface area contributed by atoms with Crippen LogP contribution in [-0.4, -0.2) is 99.2 Å². The number of aliphatic hydroxyl groups excluding tert-OH is 5. The van der Waals surface area contributed by atoms with Crippen molar-refractivity contribution in [3.05, 3.63) is 52.9 Å². The number of hydrogen-bond acceptors (Lipinski definition) is 13. The molecular weight excluding hydrogens is 544 g/mol. The molecule has 13 heteroatoms. The largest absolute Gasteiger partial charge is 0.508 e. The van der Waals surface area contributed by atoms with Crippen molar-refractivity contribution in [2.45, 2.75) is 75.3 Å². The third-order valence-electron chi connectivity index (χ3n) is 7.35. The summed E-state index contributed by atoms with van der Waals surface area (Å²) in [4.78, 5) is 13.7. The van der Waals surface area contributed by atoms with Crippen LogP contribution in [0.4, 0.5) is 0 Å². The van der Waals surface area contributed by atoms with Crippen LogP contribution in [0.25, 0.3) is 22.1 Å². The maximum Gasteiger partial charge on any atom is 0.229 e. The summed E-state index contributed by atoms with van der Waals surface area (Å²) in [6.45, 7) is 3.04. The number of ether oxygens (including phenoxy) is 5. The van der Waals surface area contributed by atoms with Gasteiger partial charge in [0.25, 0.3) is 0 Å². The smallest absolute Gasteiger partial charge is 0.229 e. The summed E-state index contributed by atoms with van der Waals surface area (Å²) in [7, 11) is 1.32. The van der Waals surface area contributed by atoms with E-state index in [4.69, 9.17) is 28.1 Å². The van der Waals surface area contributed by atoms with Crippen LogP contribution in [0.1, 0.15) is 13.8 Å². The number of aliphatic hydroxyl groups is 5. The minimum atomic E-state index is -1.68. The Balaban J connectivity index is 1.59. The number of aromatic hydroxyl groups is 1. The molecule has 10 atom stereocenters. The Labute approximate surface area is 233 Å². The molecule has 0 spiro atoms. The van der Waals surface area contributed by atoms with Crippen molar-refractivity contribution < 1.29 is 58.7 Å². The average Bonchev–Trinajstić information content (AvgIpc) is 2.94. The molecule has 3 heterocycles. The lowest BCUT2D eigenvalue weighted by atomic mass is 10.00. The average molecular weight is 577 g/mol. The lowest BCUT2D eigenvalue weighted by Crippen LogP contribution is -2.59. The topological polar surface area (TPSA) is 198 Å². The molecule has 41 heavy (non-hydrogen) atoms. The molecule has 3 aromatic rings. The van der Waals surface area contributed by atoms with Crippen LogP contribution in [-0.2, 0) is 14.2 Å². The van der Waals surface area contributed by atoms with Crippen molar-refractivity contribution in [3.63, 3.8) is 0 Å². The number of phenols is 1. The van der Waals surface area contributed by atoms with E-state index in [9.17, 15) is 35.4 Å². The van der Waals surface area contributed by atoms with Crippen LogP contribution in [0.15, 0.2) is 51.9 Å². The standard InChI is InChI=1S/C28H32O13/c1-11-20(30)23(33)25(35)27(38-11)41-18-9-15(40-28-26(36-3)24(34)21(31)12(2)39-28)8-17-19(18)22(32)16(10-37-17)13-4-6-14(29)7-5-13/h4-12,20-21,23-31,33-35H,1-3H3/t11-,12-,20-,21-,23+,24+,25-,26-,27-,28-/m0/s1. The highest BCUT2D eigenvalue weighted by molar-refractivity contribution is 5.88. The number of methoxy groups -OCH3 is 1. The zero-order valence-electron chi connectivity index (χ0n) is 22.4. The van der Waals surface area contributed by atoms with Crippen LogP contribution in [0.3, 0.4) is 0 Å². The Morgan fingerprint density at radius 3 is 2.07 bits per heavy atom. The summed E-state index contributed by atoms with van der Waals surface area (Å²) in [6, 6.07) is 8.60. The van der Waals surface area contributed by atoms with E-state index >= 15 is 0 Å². The van der Waals surface area contributed by atoms with E-state index in [1.165, 1.54) is 56.7 Å². The van der Waals surface area contributed by atoms with Crippen molar-refractivity contribution in [1.82, 2.24) is 0 Å². The molecule has 0 aliphatic carbocycles. The molecule has 0 amide bonds. The molecule has 2 saturated heterocycles. The van der Waals surface area contributed by atoms with Crippen molar-refractivity contribution in [3.8, 4) is 28.4 Å². The molecule has 2 fully saturated rings. The Bertz CT molecular complexity index is 1420. The Hall–Kier alpha value is -3.27. The van der Waals surface area contributed by atoms with Crippen LogP contribution >= 0.6 is 0 Å². The first-order chi connectivity index (χ1) is 19.5. The fourth-order valence-electron chi connectivity index (χ4n) is 4.91. The van der Waals surface area contributed by atoms with Crippen molar-refractivity contribution >= 4 is 11.0 Å². The molecule has 2 aliphatic heterocycles. The minimum Gasteiger partial charge on any atom is -0.508 e. The van der Waals surface area contributed by atoms with Crippen molar-refractivity contribution in [1.29, 1.82) is 0 Å². The molecule has 222 valence electrons. The third kappa shape index (κ3) is 5.50. The molecule has 6 N–H and O–H groups in total. The van der Waals surface area contributed by atoms with Crippen LogP contribution < -0.4 is 14.9 Å². The van der Waals surface area contributed by atoms with Crippen LogP contribution in [0.2, 0.25) is 0 Å². The second kappa shape index (κ2) is 11.5. The Morgan fingerprint density at radius 2 is 1.41 bits per heavy atom. The third-order valence-corrected chi connectivity index (χ3v) is 7.35. The summed E-state index contributed by atoms with van der Waals surface area (Å²) in [5.74, 6) is -0.0887. The van der Waals surface area contributed by atoms with Gasteiger partial charge in [-0.1, -0.05) is 12.1 Å². The highest BCUT2D eigenvalue weighted by Gasteiger charge is 2.45. The Kier molecular flexibility index (Phi) is 8.23. The van der Waals surface area contributed by atoms with Gasteiger partial charge in [0.1, 0.15) is 71.1 Å². The van der Waals surface area contributed by atoms with Crippen LogP contribution in [0.5, 0.6) is 17.2 Å². The SMILES string of the molecule is CO[C@@H]1[C@H](Oc2cc(O[C@@H]3O[C@@H](C)[C@H](O)[C@@H](O)[C@@H]3O)c3c(=O)c(-c4ccc(O)cc4)coc3c2)O[C@@H](C)[C@H](O)[C@H]1O. The Morgan fingerprint density at radius 1 is 0.780 bits per heavy atom. The van der Waals surface area contributed by atoms with Gasteiger partial charge in [0.2, 0.25) is 18.0 Å². The molecule has 2 aromatic carbocycles. The molecule has 1 aromatic heterocycles. The van der Waals surface area contributed by atoms with Gasteiger partial charge in [-0.15, -0.1) is 0 Å². The zero-order valence-corrected chi connectivity index (χ0v) is 22.4. The summed E-state index contributed by atoms with van der Waals surface area (Å²) in [6.07, 6.45) is -11.4. The number of phenolic OH excluding ortho intramolecular Hbond substituents is 1. The van der Waals surface area contributed by atoms with Gasteiger partial charge in [-0.05, 0) is 31.5 Å². The highest BCUT2D eigenvalue weighted by atomic mass is 16.7. The van der Waals surface area contributed by atoms with Crippen molar-refractivity contribution in [2.75, 3.05) is 7.11 Å². The molecule has 0 unspecified atom stereocenters. The lowest BCUT2D eigenvalue weighted by Gasteiger charge is -2.40. The second-order valence-corrected chi connectivity index (χ2v) is 10.1. The fourth-order valence-corrected chi connectivity index (χ4v) is 4.91. The van der Waals surface area contributed by atoms with Gasteiger partial charge >= 0.3 is 0 Å². The van der Waals surface area contributed by atoms with E-state index in [0.29, 0.717) is 5.56 Å². The lowest BCUT2D eigenvalue weighted by molar-refractivity contribution is -0.274. The molecule has 0 bridgehead atoms. The maximum atomic E-state index is 13.7. The van der Waals surface area contributed by atoms with E-state index in [-0.39, 0.29) is 33.8 Å². The van der Waals surface area contributed by atoms with Gasteiger partial charge in [-0.2, -0.15) is 0 Å². The zero-order chi connectivity index (χ0) is 29.6. The van der Waals surface area contributed by atoms with E-state index in [0.717, 1.165) is 0 Å². The predicted molar refractivity (Wildman–Crippen MR) is 140 cm³/mol. The van der Waals surface area contributed by atoms with Gasteiger partial charge < -0.3 is 58.7 Å². The molecule has 0 saturated carbocycles. The van der Waals surface area contributed by atoms with E-state index < -0.39 is 66.8 Å². The number of hydrogen-bond donors (Lipinski definition) is 6. The number of fused-ring (bicyclic) bond motifs is 1.